The third-order valence-electron chi connectivity index (χ3n) is 4.27. The zero-order valence-electron chi connectivity index (χ0n) is 16.0. The summed E-state index contributed by atoms with van der Waals surface area (Å²) in [6, 6.07) is 7.08. The average molecular weight is 413 g/mol. The number of aryl methyl sites for hydroxylation is 1. The molecular weight excluding hydrogens is 388 g/mol. The summed E-state index contributed by atoms with van der Waals surface area (Å²) in [5.41, 5.74) is 2.96. The van der Waals surface area contributed by atoms with E-state index in [1.54, 1.807) is 23.7 Å². The van der Waals surface area contributed by atoms with Crippen molar-refractivity contribution in [1.29, 1.82) is 0 Å². The summed E-state index contributed by atoms with van der Waals surface area (Å²) < 4.78 is 26.2. The van der Waals surface area contributed by atoms with E-state index in [0.717, 1.165) is 17.1 Å². The molecule has 0 radical (unpaired) electrons. The predicted molar refractivity (Wildman–Crippen MR) is 107 cm³/mol. The first-order chi connectivity index (χ1) is 12.6. The Bertz CT molecular complexity index is 907. The lowest BCUT2D eigenvalue weighted by atomic mass is 10.2. The van der Waals surface area contributed by atoms with Crippen molar-refractivity contribution >= 4 is 27.5 Å². The van der Waals surface area contributed by atoms with Crippen LogP contribution in [0.25, 0.3) is 5.69 Å². The Hall–Kier alpha value is -1.90. The van der Waals surface area contributed by atoms with E-state index in [2.05, 4.69) is 10.4 Å². The highest BCUT2D eigenvalue weighted by Crippen LogP contribution is 2.22. The van der Waals surface area contributed by atoms with Crippen molar-refractivity contribution in [2.24, 2.45) is 0 Å². The Balaban J connectivity index is 1.93. The first-order valence-corrected chi connectivity index (χ1v) is 10.9. The number of aromatic nitrogens is 2. The minimum atomic E-state index is -3.20. The van der Waals surface area contributed by atoms with Gasteiger partial charge in [-0.3, -0.25) is 4.79 Å². The monoisotopic (exact) mass is 412 g/mol. The molecule has 1 aromatic heterocycles. The molecule has 0 fully saturated rings. The van der Waals surface area contributed by atoms with Gasteiger partial charge in [0.1, 0.15) is 0 Å². The lowest BCUT2D eigenvalue weighted by Gasteiger charge is -2.17. The number of nitrogens with zero attached hydrogens (tertiary/aromatic N) is 3. The first kappa shape index (κ1) is 21.4. The molecule has 148 valence electrons. The molecule has 27 heavy (non-hydrogen) atoms. The van der Waals surface area contributed by atoms with E-state index in [4.69, 9.17) is 11.6 Å². The van der Waals surface area contributed by atoms with Crippen molar-refractivity contribution in [3.63, 3.8) is 0 Å². The number of carbonyl (C=O) groups excluding carboxylic acids is 1. The molecule has 0 aliphatic heterocycles. The molecular formula is C18H25ClN4O3S. The molecule has 7 nitrogen and oxygen atoms in total. The molecule has 0 unspecified atom stereocenters. The van der Waals surface area contributed by atoms with Gasteiger partial charge in [-0.15, -0.1) is 0 Å². The molecule has 0 bridgehead atoms. The second-order valence-corrected chi connectivity index (χ2v) is 8.67. The third kappa shape index (κ3) is 5.31. The van der Waals surface area contributed by atoms with Crippen LogP contribution >= 0.6 is 11.6 Å². The Morgan fingerprint density at radius 3 is 2.37 bits per heavy atom. The van der Waals surface area contributed by atoms with E-state index in [-0.39, 0.29) is 5.91 Å². The largest absolute Gasteiger partial charge is 0.352 e. The molecule has 2 aromatic rings. The molecule has 1 aromatic carbocycles. The van der Waals surface area contributed by atoms with Crippen LogP contribution in [0.15, 0.2) is 24.3 Å². The minimum Gasteiger partial charge on any atom is -0.352 e. The van der Waals surface area contributed by atoms with Gasteiger partial charge in [0.25, 0.3) is 5.91 Å². The van der Waals surface area contributed by atoms with Crippen molar-refractivity contribution in [1.82, 2.24) is 19.4 Å². The molecule has 1 amide bonds. The zero-order chi connectivity index (χ0) is 20.2. The maximum absolute atomic E-state index is 12.2. The normalized spacial score (nSPS) is 11.8. The van der Waals surface area contributed by atoms with E-state index in [0.29, 0.717) is 36.6 Å². The maximum Gasteiger partial charge on any atom is 0.251 e. The lowest BCUT2D eigenvalue weighted by Crippen LogP contribution is -2.33. The molecule has 1 N–H and O–H groups in total. The van der Waals surface area contributed by atoms with Crippen LogP contribution in [0.5, 0.6) is 0 Å². The summed E-state index contributed by atoms with van der Waals surface area (Å²) in [6.45, 7) is 6.73. The summed E-state index contributed by atoms with van der Waals surface area (Å²) in [7, 11) is -3.20. The number of benzene rings is 1. The number of hydrogen-bond donors (Lipinski definition) is 1. The quantitative estimate of drug-likeness (QED) is 0.675. The van der Waals surface area contributed by atoms with Gasteiger partial charge in [0.2, 0.25) is 10.0 Å². The minimum absolute atomic E-state index is 0.199. The van der Waals surface area contributed by atoms with Crippen LogP contribution in [-0.4, -0.2) is 54.3 Å². The molecule has 0 aliphatic rings. The fourth-order valence-electron chi connectivity index (χ4n) is 2.75. The summed E-state index contributed by atoms with van der Waals surface area (Å²) in [4.78, 5) is 12.2. The highest BCUT2D eigenvalue weighted by molar-refractivity contribution is 7.88. The molecule has 0 spiro atoms. The fraction of sp³-hybridized carbons (Fsp3) is 0.444. The number of rotatable bonds is 8. The number of halogens is 1. The van der Waals surface area contributed by atoms with E-state index in [9.17, 15) is 13.2 Å². The van der Waals surface area contributed by atoms with E-state index < -0.39 is 10.0 Å². The van der Waals surface area contributed by atoms with Gasteiger partial charge in [-0.05, 0) is 44.5 Å². The van der Waals surface area contributed by atoms with Crippen LogP contribution in [0, 0.1) is 13.8 Å². The third-order valence-corrected chi connectivity index (χ3v) is 6.19. The van der Waals surface area contributed by atoms with E-state index >= 15 is 0 Å². The standard InChI is InChI=1S/C18H25ClN4O3S/c1-5-22(27(4,25)26)12-6-11-20-18(24)15-7-9-16(10-8-15)23-14(3)17(19)13(2)21-23/h7-10H,5-6,11-12H2,1-4H3,(H,20,24). The van der Waals surface area contributed by atoms with E-state index in [1.165, 1.54) is 10.6 Å². The second-order valence-electron chi connectivity index (χ2n) is 6.31. The number of amides is 1. The summed E-state index contributed by atoms with van der Waals surface area (Å²) >= 11 is 6.17. The maximum atomic E-state index is 12.2. The fourth-order valence-corrected chi connectivity index (χ4v) is 3.79. The van der Waals surface area contributed by atoms with Crippen molar-refractivity contribution in [2.45, 2.75) is 27.2 Å². The highest BCUT2D eigenvalue weighted by Gasteiger charge is 2.14. The van der Waals surface area contributed by atoms with Crippen LogP contribution in [0.2, 0.25) is 5.02 Å². The smallest absolute Gasteiger partial charge is 0.251 e. The molecule has 2 rings (SSSR count). The molecule has 0 saturated carbocycles. The Morgan fingerprint density at radius 1 is 1.26 bits per heavy atom. The van der Waals surface area contributed by atoms with Crippen molar-refractivity contribution < 1.29 is 13.2 Å². The van der Waals surface area contributed by atoms with Crippen LogP contribution in [0.4, 0.5) is 0 Å². The number of carbonyl (C=O) groups is 1. The number of hydrogen-bond acceptors (Lipinski definition) is 4. The van der Waals surface area contributed by atoms with Crippen molar-refractivity contribution in [3.8, 4) is 5.69 Å². The second kappa shape index (κ2) is 8.86. The van der Waals surface area contributed by atoms with Crippen LogP contribution in [-0.2, 0) is 10.0 Å². The molecule has 0 aliphatic carbocycles. The first-order valence-electron chi connectivity index (χ1n) is 8.70. The molecule has 1 heterocycles. The van der Waals surface area contributed by atoms with Gasteiger partial charge in [-0.2, -0.15) is 5.10 Å². The van der Waals surface area contributed by atoms with Gasteiger partial charge in [-0.25, -0.2) is 17.4 Å². The van der Waals surface area contributed by atoms with E-state index in [1.807, 2.05) is 26.0 Å². The molecule has 9 heteroatoms. The summed E-state index contributed by atoms with van der Waals surface area (Å²) in [5, 5.41) is 7.83. The van der Waals surface area contributed by atoms with Crippen LogP contribution < -0.4 is 5.32 Å². The summed E-state index contributed by atoms with van der Waals surface area (Å²) in [6.07, 6.45) is 1.74. The summed E-state index contributed by atoms with van der Waals surface area (Å²) in [5.74, 6) is -0.199. The van der Waals surface area contributed by atoms with Gasteiger partial charge >= 0.3 is 0 Å². The highest BCUT2D eigenvalue weighted by atomic mass is 35.5. The SMILES string of the molecule is CCN(CCCNC(=O)c1ccc(-n2nc(C)c(Cl)c2C)cc1)S(C)(=O)=O. The van der Waals surface area contributed by atoms with Crippen LogP contribution in [0.1, 0.15) is 35.1 Å². The zero-order valence-corrected chi connectivity index (χ0v) is 17.6. The molecule has 0 atom stereocenters. The van der Waals surface area contributed by atoms with Gasteiger partial charge < -0.3 is 5.32 Å². The van der Waals surface area contributed by atoms with Gasteiger partial charge in [0, 0.05) is 25.2 Å². The molecule has 0 saturated heterocycles. The van der Waals surface area contributed by atoms with Gasteiger partial charge in [0.15, 0.2) is 0 Å². The Kier molecular flexibility index (Phi) is 7.02. The Morgan fingerprint density at radius 2 is 1.89 bits per heavy atom. The van der Waals surface area contributed by atoms with Crippen molar-refractivity contribution in [2.75, 3.05) is 25.9 Å². The average Bonchev–Trinajstić information content (AvgIpc) is 2.88. The topological polar surface area (TPSA) is 84.3 Å². The predicted octanol–water partition coefficient (Wildman–Crippen LogP) is 2.54. The number of nitrogens with one attached hydrogen (secondary N) is 1. The van der Waals surface area contributed by atoms with Crippen LogP contribution in [0.3, 0.4) is 0 Å². The van der Waals surface area contributed by atoms with Gasteiger partial charge in [-0.1, -0.05) is 18.5 Å². The van der Waals surface area contributed by atoms with Crippen molar-refractivity contribution in [3.05, 3.63) is 46.2 Å². The Labute approximate surface area is 165 Å². The van der Waals surface area contributed by atoms with Gasteiger partial charge in [0.05, 0.1) is 28.4 Å². The lowest BCUT2D eigenvalue weighted by molar-refractivity contribution is 0.0953. The number of sulfonamides is 1.